The molecule has 0 radical (unpaired) electrons. The van der Waals surface area contributed by atoms with Crippen LogP contribution in [0.1, 0.15) is 0 Å². The SMILES string of the molecule is O=C(C1CN(c2nc3ccc(Cl)cc3s2)CCO1)N1CCOCC1. The van der Waals surface area contributed by atoms with E-state index >= 15 is 0 Å². The number of nitrogens with zero attached hydrogens (tertiary/aromatic N) is 3. The molecule has 0 saturated carbocycles. The van der Waals surface area contributed by atoms with Crippen molar-refractivity contribution in [1.82, 2.24) is 9.88 Å². The van der Waals surface area contributed by atoms with Crippen LogP contribution < -0.4 is 4.90 Å². The molecule has 2 aliphatic rings. The minimum absolute atomic E-state index is 0.0483. The number of hydrogen-bond acceptors (Lipinski definition) is 6. The zero-order valence-corrected chi connectivity index (χ0v) is 14.7. The summed E-state index contributed by atoms with van der Waals surface area (Å²) >= 11 is 7.65. The summed E-state index contributed by atoms with van der Waals surface area (Å²) in [6, 6.07) is 5.70. The van der Waals surface area contributed by atoms with Crippen LogP contribution in [-0.4, -0.2) is 67.9 Å². The van der Waals surface area contributed by atoms with Crippen molar-refractivity contribution in [3.05, 3.63) is 23.2 Å². The molecule has 2 saturated heterocycles. The molecule has 2 aromatic rings. The van der Waals surface area contributed by atoms with E-state index in [1.807, 2.05) is 23.1 Å². The number of anilines is 1. The van der Waals surface area contributed by atoms with Crippen LogP contribution >= 0.6 is 22.9 Å². The predicted molar refractivity (Wildman–Crippen MR) is 94.0 cm³/mol. The van der Waals surface area contributed by atoms with Crippen LogP contribution in [0.5, 0.6) is 0 Å². The molecule has 1 aromatic carbocycles. The van der Waals surface area contributed by atoms with E-state index in [0.29, 0.717) is 44.5 Å². The standard InChI is InChI=1S/C16H18ClN3O3S/c17-11-1-2-12-14(9-11)24-16(18-12)20-5-8-23-13(10-20)15(21)19-3-6-22-7-4-19/h1-2,9,13H,3-8,10H2. The third-order valence-electron chi connectivity index (χ3n) is 4.27. The lowest BCUT2D eigenvalue weighted by atomic mass is 10.2. The number of hydrogen-bond donors (Lipinski definition) is 0. The Morgan fingerprint density at radius 2 is 2.08 bits per heavy atom. The summed E-state index contributed by atoms with van der Waals surface area (Å²) in [5, 5.41) is 1.62. The Balaban J connectivity index is 1.50. The van der Waals surface area contributed by atoms with E-state index in [4.69, 9.17) is 21.1 Å². The van der Waals surface area contributed by atoms with Gasteiger partial charge in [-0.1, -0.05) is 22.9 Å². The van der Waals surface area contributed by atoms with Crippen LogP contribution in [0.2, 0.25) is 5.02 Å². The van der Waals surface area contributed by atoms with Crippen LogP contribution in [-0.2, 0) is 14.3 Å². The summed E-state index contributed by atoms with van der Waals surface area (Å²) in [4.78, 5) is 21.3. The highest BCUT2D eigenvalue weighted by atomic mass is 35.5. The molecule has 0 N–H and O–H groups in total. The van der Waals surface area contributed by atoms with Crippen LogP contribution in [0.3, 0.4) is 0 Å². The van der Waals surface area contributed by atoms with Gasteiger partial charge in [0.15, 0.2) is 11.2 Å². The number of fused-ring (bicyclic) bond motifs is 1. The fourth-order valence-corrected chi connectivity index (χ4v) is 4.26. The fraction of sp³-hybridized carbons (Fsp3) is 0.500. The van der Waals surface area contributed by atoms with Crippen molar-refractivity contribution >= 4 is 44.2 Å². The monoisotopic (exact) mass is 367 g/mol. The fourth-order valence-electron chi connectivity index (χ4n) is 2.98. The van der Waals surface area contributed by atoms with Crippen molar-refractivity contribution in [2.24, 2.45) is 0 Å². The lowest BCUT2D eigenvalue weighted by molar-refractivity contribution is -0.148. The zero-order chi connectivity index (χ0) is 16.5. The van der Waals surface area contributed by atoms with E-state index in [2.05, 4.69) is 9.88 Å². The van der Waals surface area contributed by atoms with E-state index < -0.39 is 6.10 Å². The lowest BCUT2D eigenvalue weighted by Crippen LogP contribution is -2.53. The zero-order valence-electron chi connectivity index (χ0n) is 13.1. The summed E-state index contributed by atoms with van der Waals surface area (Å²) in [5.74, 6) is 0.0483. The Labute approximate surface area is 148 Å². The summed E-state index contributed by atoms with van der Waals surface area (Å²) < 4.78 is 12.1. The number of morpholine rings is 2. The first-order valence-corrected chi connectivity index (χ1v) is 9.19. The molecule has 128 valence electrons. The van der Waals surface area contributed by atoms with Gasteiger partial charge in [0.25, 0.3) is 5.91 Å². The number of thiazole rings is 1. The Kier molecular flexibility index (Phi) is 4.58. The maximum Gasteiger partial charge on any atom is 0.253 e. The van der Waals surface area contributed by atoms with Crippen molar-refractivity contribution in [3.8, 4) is 0 Å². The van der Waals surface area contributed by atoms with Crippen molar-refractivity contribution in [2.75, 3.05) is 50.9 Å². The van der Waals surface area contributed by atoms with E-state index in [-0.39, 0.29) is 5.91 Å². The van der Waals surface area contributed by atoms with Crippen molar-refractivity contribution in [2.45, 2.75) is 6.10 Å². The van der Waals surface area contributed by atoms with Gasteiger partial charge in [0.05, 0.1) is 36.6 Å². The minimum atomic E-state index is -0.438. The molecular weight excluding hydrogens is 350 g/mol. The number of carbonyl (C=O) groups is 1. The molecule has 8 heteroatoms. The molecule has 1 unspecified atom stereocenters. The van der Waals surface area contributed by atoms with Gasteiger partial charge in [-0.3, -0.25) is 4.79 Å². The normalized spacial score (nSPS) is 22.1. The number of halogens is 1. The molecule has 6 nitrogen and oxygen atoms in total. The molecule has 0 bridgehead atoms. The van der Waals surface area contributed by atoms with Gasteiger partial charge >= 0.3 is 0 Å². The predicted octanol–water partition coefficient (Wildman–Crippen LogP) is 2.01. The first kappa shape index (κ1) is 16.1. The molecular formula is C16H18ClN3O3S. The number of amides is 1. The topological polar surface area (TPSA) is 54.9 Å². The highest BCUT2D eigenvalue weighted by Gasteiger charge is 2.32. The van der Waals surface area contributed by atoms with Gasteiger partial charge < -0.3 is 19.3 Å². The first-order chi connectivity index (χ1) is 11.7. The quantitative estimate of drug-likeness (QED) is 0.812. The number of benzene rings is 1. The Morgan fingerprint density at radius 3 is 2.92 bits per heavy atom. The minimum Gasteiger partial charge on any atom is -0.378 e. The second-order valence-electron chi connectivity index (χ2n) is 5.85. The number of ether oxygens (including phenoxy) is 2. The number of rotatable bonds is 2. The Bertz CT molecular complexity index is 747. The van der Waals surface area contributed by atoms with Crippen molar-refractivity contribution in [1.29, 1.82) is 0 Å². The summed E-state index contributed by atoms with van der Waals surface area (Å²) in [7, 11) is 0. The molecule has 2 aliphatic heterocycles. The molecule has 1 aromatic heterocycles. The second-order valence-corrected chi connectivity index (χ2v) is 7.30. The lowest BCUT2D eigenvalue weighted by Gasteiger charge is -2.36. The highest BCUT2D eigenvalue weighted by molar-refractivity contribution is 7.22. The molecule has 3 heterocycles. The maximum atomic E-state index is 12.6. The largest absolute Gasteiger partial charge is 0.378 e. The van der Waals surface area contributed by atoms with Gasteiger partial charge in [0, 0.05) is 24.7 Å². The van der Waals surface area contributed by atoms with Gasteiger partial charge in [0.1, 0.15) is 0 Å². The number of aromatic nitrogens is 1. The Morgan fingerprint density at radius 1 is 1.25 bits per heavy atom. The van der Waals surface area contributed by atoms with Crippen LogP contribution in [0, 0.1) is 0 Å². The first-order valence-electron chi connectivity index (χ1n) is 8.00. The summed E-state index contributed by atoms with van der Waals surface area (Å²) in [6.07, 6.45) is -0.438. The van der Waals surface area contributed by atoms with E-state index in [1.165, 1.54) is 0 Å². The van der Waals surface area contributed by atoms with Gasteiger partial charge in [0.2, 0.25) is 0 Å². The molecule has 2 fully saturated rings. The van der Waals surface area contributed by atoms with E-state index in [9.17, 15) is 4.79 Å². The molecule has 0 aliphatic carbocycles. The van der Waals surface area contributed by atoms with Gasteiger partial charge in [-0.2, -0.15) is 0 Å². The van der Waals surface area contributed by atoms with E-state index in [0.717, 1.165) is 21.9 Å². The van der Waals surface area contributed by atoms with Crippen LogP contribution in [0.15, 0.2) is 18.2 Å². The van der Waals surface area contributed by atoms with Crippen molar-refractivity contribution in [3.63, 3.8) is 0 Å². The second kappa shape index (κ2) is 6.84. The number of carbonyl (C=O) groups excluding carboxylic acids is 1. The van der Waals surface area contributed by atoms with E-state index in [1.54, 1.807) is 11.3 Å². The Hall–Kier alpha value is -1.41. The highest BCUT2D eigenvalue weighted by Crippen LogP contribution is 2.31. The molecule has 0 spiro atoms. The van der Waals surface area contributed by atoms with Gasteiger partial charge in [-0.25, -0.2) is 4.98 Å². The average molecular weight is 368 g/mol. The van der Waals surface area contributed by atoms with Gasteiger partial charge in [-0.15, -0.1) is 0 Å². The van der Waals surface area contributed by atoms with Gasteiger partial charge in [-0.05, 0) is 18.2 Å². The van der Waals surface area contributed by atoms with Crippen molar-refractivity contribution < 1.29 is 14.3 Å². The molecule has 24 heavy (non-hydrogen) atoms. The van der Waals surface area contributed by atoms with Crippen LogP contribution in [0.25, 0.3) is 10.2 Å². The smallest absolute Gasteiger partial charge is 0.253 e. The van der Waals surface area contributed by atoms with Crippen LogP contribution in [0.4, 0.5) is 5.13 Å². The summed E-state index contributed by atoms with van der Waals surface area (Å²) in [5.41, 5.74) is 0.932. The summed E-state index contributed by atoms with van der Waals surface area (Å²) in [6.45, 7) is 4.26. The third-order valence-corrected chi connectivity index (χ3v) is 5.59. The maximum absolute atomic E-state index is 12.6. The average Bonchev–Trinajstić information content (AvgIpc) is 3.05. The molecule has 1 atom stereocenters. The third kappa shape index (κ3) is 3.21. The molecule has 1 amide bonds. The molecule has 4 rings (SSSR count).